The third-order valence-electron chi connectivity index (χ3n) is 10.0. The molecule has 7 nitrogen and oxygen atoms in total. The lowest BCUT2D eigenvalue weighted by Gasteiger charge is -2.18. The van der Waals surface area contributed by atoms with Crippen molar-refractivity contribution >= 4 is 17.8 Å². The van der Waals surface area contributed by atoms with Crippen molar-refractivity contribution in [1.82, 2.24) is 5.32 Å². The zero-order valence-electron chi connectivity index (χ0n) is 36.7. The van der Waals surface area contributed by atoms with Crippen molar-refractivity contribution in [2.45, 2.75) is 219 Å². The van der Waals surface area contributed by atoms with Gasteiger partial charge >= 0.3 is 11.9 Å². The summed E-state index contributed by atoms with van der Waals surface area (Å²) in [6.45, 7) is 4.82. The van der Waals surface area contributed by atoms with Crippen molar-refractivity contribution in [2.24, 2.45) is 5.73 Å². The van der Waals surface area contributed by atoms with Gasteiger partial charge in [-0.25, -0.2) is 4.79 Å². The number of unbranched alkanes of at least 4 members (excludes halogenated alkanes) is 15. The Morgan fingerprint density at radius 1 is 0.526 bits per heavy atom. The second-order valence-corrected chi connectivity index (χ2v) is 15.4. The van der Waals surface area contributed by atoms with Gasteiger partial charge in [-0.2, -0.15) is 0 Å². The normalized spacial score (nSPS) is 13.3. The Hall–Kier alpha value is -3.19. The topological polar surface area (TPSA) is 119 Å². The maximum atomic E-state index is 12.8. The molecular formula is C50H86N2O5. The number of carbonyl (C=O) groups excluding carboxylic acids is 2. The molecule has 0 aliphatic heterocycles. The smallest absolute Gasteiger partial charge is 0.326 e. The summed E-state index contributed by atoms with van der Waals surface area (Å²) in [5.41, 5.74) is 5.49. The third kappa shape index (κ3) is 40.8. The Labute approximate surface area is 350 Å². The molecule has 0 rings (SSSR count). The molecule has 0 aliphatic carbocycles. The van der Waals surface area contributed by atoms with E-state index in [0.717, 1.165) is 109 Å². The number of esters is 1. The van der Waals surface area contributed by atoms with Crippen LogP contribution in [0.15, 0.2) is 72.9 Å². The van der Waals surface area contributed by atoms with Crippen molar-refractivity contribution < 1.29 is 24.2 Å². The molecule has 0 fully saturated rings. The monoisotopic (exact) mass is 795 g/mol. The van der Waals surface area contributed by atoms with Gasteiger partial charge in [-0.1, -0.05) is 164 Å². The lowest BCUT2D eigenvalue weighted by Crippen LogP contribution is -2.40. The average Bonchev–Trinajstić information content (AvgIpc) is 3.20. The van der Waals surface area contributed by atoms with Gasteiger partial charge in [-0.15, -0.1) is 0 Å². The van der Waals surface area contributed by atoms with Crippen molar-refractivity contribution in [3.05, 3.63) is 72.9 Å². The Bertz CT molecular complexity index is 1120. The Morgan fingerprint density at radius 3 is 1.44 bits per heavy atom. The van der Waals surface area contributed by atoms with Crippen LogP contribution >= 0.6 is 0 Å². The van der Waals surface area contributed by atoms with E-state index in [1.54, 1.807) is 0 Å². The second-order valence-electron chi connectivity index (χ2n) is 15.4. The molecule has 0 saturated carbocycles. The van der Waals surface area contributed by atoms with Gasteiger partial charge in [0.05, 0.1) is 0 Å². The van der Waals surface area contributed by atoms with Crippen molar-refractivity contribution in [1.29, 1.82) is 0 Å². The molecule has 2 unspecified atom stereocenters. The van der Waals surface area contributed by atoms with E-state index in [0.29, 0.717) is 32.2 Å². The van der Waals surface area contributed by atoms with Gasteiger partial charge < -0.3 is 20.9 Å². The van der Waals surface area contributed by atoms with Crippen LogP contribution in [0.1, 0.15) is 206 Å². The van der Waals surface area contributed by atoms with E-state index in [1.807, 2.05) is 0 Å². The molecule has 0 aromatic heterocycles. The lowest BCUT2D eigenvalue weighted by molar-refractivity contribution is -0.150. The van der Waals surface area contributed by atoms with Gasteiger partial charge in [0.15, 0.2) is 0 Å². The highest BCUT2D eigenvalue weighted by atomic mass is 16.5. The molecule has 2 atom stereocenters. The molecule has 0 heterocycles. The fourth-order valence-electron chi connectivity index (χ4n) is 6.57. The number of nitrogens with two attached hydrogens (primary N) is 1. The highest BCUT2D eigenvalue weighted by molar-refractivity contribution is 5.83. The number of hydrogen-bond acceptors (Lipinski definition) is 5. The largest absolute Gasteiger partial charge is 0.480 e. The van der Waals surface area contributed by atoms with Crippen LogP contribution in [0.3, 0.4) is 0 Å². The van der Waals surface area contributed by atoms with Crippen LogP contribution < -0.4 is 11.1 Å². The molecule has 0 bridgehead atoms. The fourth-order valence-corrected chi connectivity index (χ4v) is 6.57. The Kier molecular flexibility index (Phi) is 41.5. The molecule has 4 N–H and O–H groups in total. The van der Waals surface area contributed by atoms with Crippen LogP contribution in [0.2, 0.25) is 0 Å². The first-order valence-electron chi connectivity index (χ1n) is 23.3. The molecule has 0 spiro atoms. The first-order chi connectivity index (χ1) is 27.9. The lowest BCUT2D eigenvalue weighted by atomic mass is 10.0. The van der Waals surface area contributed by atoms with Gasteiger partial charge in [-0.05, 0) is 109 Å². The zero-order chi connectivity index (χ0) is 41.7. The van der Waals surface area contributed by atoms with Gasteiger partial charge in [0.1, 0.15) is 12.1 Å². The van der Waals surface area contributed by atoms with Crippen LogP contribution in [0, 0.1) is 0 Å². The molecule has 7 heteroatoms. The fraction of sp³-hybridized carbons (Fsp3) is 0.700. The Morgan fingerprint density at radius 2 is 0.965 bits per heavy atom. The molecule has 57 heavy (non-hydrogen) atoms. The molecular weight excluding hydrogens is 709 g/mol. The highest BCUT2D eigenvalue weighted by Crippen LogP contribution is 2.19. The number of ether oxygens (including phenoxy) is 1. The van der Waals surface area contributed by atoms with Crippen LogP contribution in [0.4, 0.5) is 0 Å². The molecule has 0 aromatic carbocycles. The number of nitrogens with one attached hydrogen (secondary N) is 1. The summed E-state index contributed by atoms with van der Waals surface area (Å²) >= 11 is 0. The third-order valence-corrected chi connectivity index (χ3v) is 10.0. The minimum absolute atomic E-state index is 0.0119. The number of aliphatic carboxylic acids is 1. The molecule has 0 radical (unpaired) electrons. The molecule has 0 aromatic rings. The predicted octanol–water partition coefficient (Wildman–Crippen LogP) is 13.5. The van der Waals surface area contributed by atoms with Gasteiger partial charge in [0, 0.05) is 12.8 Å². The van der Waals surface area contributed by atoms with E-state index >= 15 is 0 Å². The minimum Gasteiger partial charge on any atom is -0.480 e. The van der Waals surface area contributed by atoms with Gasteiger partial charge in [-0.3, -0.25) is 9.59 Å². The van der Waals surface area contributed by atoms with Crippen LogP contribution in [-0.4, -0.2) is 41.6 Å². The SMILES string of the molecule is CC/C=C\C/C=C\C/C=C\C/C=C\C/C=C\C/C=C\CCCCC(=O)OC(CCCCCCCCCCCC)CCCCCCCC(=O)NC(CCCN)C(=O)O. The van der Waals surface area contributed by atoms with Crippen molar-refractivity contribution in [3.63, 3.8) is 0 Å². The number of carbonyl (C=O) groups is 3. The standard InChI is InChI=1S/C50H86N2O5/c1-3-5-7-9-11-13-15-16-17-18-19-20-21-22-23-24-25-27-29-34-38-44-49(54)57-46(40-35-31-28-26-14-12-10-8-6-4-2)41-36-32-30-33-37-43-48(53)52-47(50(55)56)42-39-45-51/h5,7,11,13,16-17,19-20,22-23,25,27,46-47H,3-4,6,8-10,12,14-15,18,21,24,26,28-45,51H2,1-2H3,(H,52,53)(H,55,56)/b7-5-,13-11-,17-16-,20-19-,23-22-,27-25-. The Balaban J connectivity index is 4.34. The van der Waals surface area contributed by atoms with E-state index in [2.05, 4.69) is 92.1 Å². The maximum absolute atomic E-state index is 12.8. The predicted molar refractivity (Wildman–Crippen MR) is 243 cm³/mol. The average molecular weight is 795 g/mol. The summed E-state index contributed by atoms with van der Waals surface area (Å²) in [6.07, 6.45) is 56.6. The van der Waals surface area contributed by atoms with Crippen molar-refractivity contribution in [2.75, 3.05) is 6.54 Å². The first-order valence-corrected chi connectivity index (χ1v) is 23.3. The highest BCUT2D eigenvalue weighted by Gasteiger charge is 2.19. The second kappa shape index (κ2) is 43.9. The van der Waals surface area contributed by atoms with Crippen LogP contribution in [0.5, 0.6) is 0 Å². The number of hydrogen-bond donors (Lipinski definition) is 3. The number of carboxylic acids is 1. The summed E-state index contributed by atoms with van der Waals surface area (Å²) in [6, 6.07) is -0.862. The summed E-state index contributed by atoms with van der Waals surface area (Å²) in [4.78, 5) is 36.4. The number of carboxylic acid groups (broad SMARTS) is 1. The minimum atomic E-state index is -1.01. The molecule has 1 amide bonds. The van der Waals surface area contributed by atoms with E-state index in [4.69, 9.17) is 10.5 Å². The maximum Gasteiger partial charge on any atom is 0.326 e. The van der Waals surface area contributed by atoms with E-state index in [9.17, 15) is 19.5 Å². The quantitative estimate of drug-likeness (QED) is 0.0322. The first kappa shape index (κ1) is 53.8. The van der Waals surface area contributed by atoms with Gasteiger partial charge in [0.25, 0.3) is 0 Å². The summed E-state index contributed by atoms with van der Waals surface area (Å²) in [7, 11) is 0. The number of allylic oxidation sites excluding steroid dienone is 12. The number of amides is 1. The zero-order valence-corrected chi connectivity index (χ0v) is 36.7. The van der Waals surface area contributed by atoms with E-state index < -0.39 is 12.0 Å². The van der Waals surface area contributed by atoms with Crippen LogP contribution in [-0.2, 0) is 19.1 Å². The van der Waals surface area contributed by atoms with Crippen LogP contribution in [0.25, 0.3) is 0 Å². The summed E-state index contributed by atoms with van der Waals surface area (Å²) in [5, 5.41) is 11.9. The summed E-state index contributed by atoms with van der Waals surface area (Å²) in [5.74, 6) is -1.28. The van der Waals surface area contributed by atoms with Crippen molar-refractivity contribution in [3.8, 4) is 0 Å². The number of rotatable bonds is 41. The molecule has 326 valence electrons. The van der Waals surface area contributed by atoms with Gasteiger partial charge in [0.2, 0.25) is 5.91 Å². The van der Waals surface area contributed by atoms with E-state index in [-0.39, 0.29) is 18.0 Å². The molecule has 0 aliphatic rings. The molecule has 0 saturated heterocycles. The van der Waals surface area contributed by atoms with E-state index in [1.165, 1.54) is 57.8 Å². The summed E-state index contributed by atoms with van der Waals surface area (Å²) < 4.78 is 6.03.